The zero-order valence-corrected chi connectivity index (χ0v) is 14.4. The van der Waals surface area contributed by atoms with Crippen molar-refractivity contribution in [1.29, 1.82) is 0 Å². The first-order valence-corrected chi connectivity index (χ1v) is 7.99. The predicted octanol–water partition coefficient (Wildman–Crippen LogP) is 3.83. The van der Waals surface area contributed by atoms with Gasteiger partial charge in [0.2, 0.25) is 5.88 Å². The number of benzene rings is 1. The van der Waals surface area contributed by atoms with Gasteiger partial charge in [0, 0.05) is 24.2 Å². The van der Waals surface area contributed by atoms with E-state index < -0.39 is 17.7 Å². The second-order valence-electron chi connectivity index (χ2n) is 5.45. The fourth-order valence-electron chi connectivity index (χ4n) is 1.93. The smallest absolute Gasteiger partial charge is 0.417 e. The van der Waals surface area contributed by atoms with Gasteiger partial charge in [-0.2, -0.15) is 18.3 Å². The summed E-state index contributed by atoms with van der Waals surface area (Å²) in [4.78, 5) is 14.0. The van der Waals surface area contributed by atoms with Gasteiger partial charge in [0.15, 0.2) is 5.84 Å². The Labute approximate surface area is 157 Å². The van der Waals surface area contributed by atoms with Gasteiger partial charge in [0.1, 0.15) is 5.75 Å². The van der Waals surface area contributed by atoms with Crippen LogP contribution >= 0.6 is 0 Å². The summed E-state index contributed by atoms with van der Waals surface area (Å²) in [5, 5.41) is 19.4. The first-order chi connectivity index (χ1) is 13.3. The van der Waals surface area contributed by atoms with E-state index in [1.54, 1.807) is 18.2 Å². The summed E-state index contributed by atoms with van der Waals surface area (Å²) < 4.78 is 43.0. The average molecular weight is 395 g/mol. The number of ether oxygens (including phenoxy) is 1. The lowest BCUT2D eigenvalue weighted by molar-refractivity contribution is -0.138. The maximum absolute atomic E-state index is 12.5. The number of amidine groups is 1. The molecule has 2 rings (SSSR count). The predicted molar refractivity (Wildman–Crippen MR) is 93.1 cm³/mol. The molecule has 0 spiro atoms. The number of halogens is 3. The molecule has 0 amide bonds. The highest BCUT2D eigenvalue weighted by Crippen LogP contribution is 2.30. The van der Waals surface area contributed by atoms with Crippen molar-refractivity contribution in [3.8, 4) is 11.6 Å². The van der Waals surface area contributed by atoms with Crippen molar-refractivity contribution >= 4 is 11.8 Å². The zero-order chi connectivity index (χ0) is 20.6. The number of alkyl halides is 3. The third-order valence-electron chi connectivity index (χ3n) is 3.28. The van der Waals surface area contributed by atoms with Crippen LogP contribution in [0.1, 0.15) is 24.0 Å². The fourth-order valence-corrected chi connectivity index (χ4v) is 1.93. The number of carboxylic acid groups (broad SMARTS) is 1. The third kappa shape index (κ3) is 6.67. The molecule has 2 aromatic rings. The molecule has 0 radical (unpaired) electrons. The van der Waals surface area contributed by atoms with E-state index in [1.807, 2.05) is 0 Å². The molecule has 0 bridgehead atoms. The minimum absolute atomic E-state index is 0.0150. The monoisotopic (exact) mass is 395 g/mol. The fraction of sp³-hybridized carbons (Fsp3) is 0.235. The molecule has 0 saturated heterocycles. The van der Waals surface area contributed by atoms with Crippen LogP contribution in [0.3, 0.4) is 0 Å². The van der Waals surface area contributed by atoms with Crippen LogP contribution in [-0.4, -0.2) is 28.4 Å². The van der Waals surface area contributed by atoms with E-state index in [0.29, 0.717) is 23.9 Å². The van der Waals surface area contributed by atoms with Crippen LogP contribution in [0.25, 0.3) is 0 Å². The van der Waals surface area contributed by atoms with Crippen LogP contribution < -0.4 is 10.5 Å². The van der Waals surface area contributed by atoms with Gasteiger partial charge in [-0.1, -0.05) is 12.1 Å². The Morgan fingerprint density at radius 1 is 1.25 bits per heavy atom. The van der Waals surface area contributed by atoms with Crippen molar-refractivity contribution in [2.24, 2.45) is 21.2 Å². The SMILES string of the molecule is NC(=NN=NCCCC(=O)O)c1cccc(Oc2ccc(C(F)(F)F)cn2)c1. The van der Waals surface area contributed by atoms with E-state index in [0.717, 1.165) is 12.1 Å². The van der Waals surface area contributed by atoms with Crippen molar-refractivity contribution in [2.45, 2.75) is 19.0 Å². The second-order valence-corrected chi connectivity index (χ2v) is 5.45. The number of rotatable bonds is 8. The molecule has 3 N–H and O–H groups in total. The molecule has 0 fully saturated rings. The number of pyridine rings is 1. The summed E-state index contributed by atoms with van der Waals surface area (Å²) in [6.07, 6.45) is -3.48. The van der Waals surface area contributed by atoms with Crippen molar-refractivity contribution in [2.75, 3.05) is 6.54 Å². The summed E-state index contributed by atoms with van der Waals surface area (Å²) >= 11 is 0. The van der Waals surface area contributed by atoms with Gasteiger partial charge in [-0.25, -0.2) is 4.98 Å². The normalized spacial score (nSPS) is 12.3. The average Bonchev–Trinajstić information content (AvgIpc) is 2.64. The third-order valence-corrected chi connectivity index (χ3v) is 3.28. The molecule has 0 aliphatic heterocycles. The number of nitrogens with zero attached hydrogens (tertiary/aromatic N) is 4. The van der Waals surface area contributed by atoms with Crippen LogP contribution in [0.2, 0.25) is 0 Å². The highest BCUT2D eigenvalue weighted by Gasteiger charge is 2.30. The lowest BCUT2D eigenvalue weighted by Gasteiger charge is -2.08. The topological polar surface area (TPSA) is 123 Å². The number of carbonyl (C=O) groups is 1. The molecule has 0 aliphatic rings. The summed E-state index contributed by atoms with van der Waals surface area (Å²) in [5.41, 5.74) is 5.37. The Balaban J connectivity index is 2.00. The number of aliphatic carboxylic acids is 1. The molecule has 0 saturated carbocycles. The molecule has 1 heterocycles. The van der Waals surface area contributed by atoms with Crippen LogP contribution in [0, 0.1) is 0 Å². The quantitative estimate of drug-likeness (QED) is 0.231. The first-order valence-electron chi connectivity index (χ1n) is 7.99. The highest BCUT2D eigenvalue weighted by molar-refractivity contribution is 5.97. The number of carboxylic acids is 1. The van der Waals surface area contributed by atoms with Crippen molar-refractivity contribution in [3.63, 3.8) is 0 Å². The Morgan fingerprint density at radius 2 is 2.04 bits per heavy atom. The molecule has 11 heteroatoms. The van der Waals surface area contributed by atoms with Crippen LogP contribution in [-0.2, 0) is 11.0 Å². The molecule has 8 nitrogen and oxygen atoms in total. The van der Waals surface area contributed by atoms with Crippen LogP contribution in [0.4, 0.5) is 13.2 Å². The van der Waals surface area contributed by atoms with E-state index >= 15 is 0 Å². The lowest BCUT2D eigenvalue weighted by atomic mass is 10.2. The van der Waals surface area contributed by atoms with Crippen LogP contribution in [0.15, 0.2) is 58.0 Å². The standard InChI is InChI=1S/C17H16F3N5O3/c18-17(19,20)12-6-7-14(22-10-12)28-13-4-1-3-11(9-13)16(21)24-25-23-8-2-5-15(26)27/h1,3-4,6-7,9-10H,2,5,8H2,(H,26,27)(H2,21,23,24). The number of aromatic nitrogens is 1. The molecule has 1 aromatic carbocycles. The molecule has 148 valence electrons. The molecule has 0 atom stereocenters. The number of hydrogen-bond acceptors (Lipinski definition) is 5. The molecule has 1 aromatic heterocycles. The maximum atomic E-state index is 12.5. The van der Waals surface area contributed by atoms with Gasteiger partial charge in [-0.15, -0.1) is 5.10 Å². The summed E-state index contributed by atoms with van der Waals surface area (Å²) in [6.45, 7) is 0.200. The largest absolute Gasteiger partial charge is 0.481 e. The van der Waals surface area contributed by atoms with Crippen molar-refractivity contribution in [1.82, 2.24) is 4.98 Å². The van der Waals surface area contributed by atoms with Crippen LogP contribution in [0.5, 0.6) is 11.6 Å². The number of hydrogen-bond donors (Lipinski definition) is 2. The molecular formula is C17H16F3N5O3. The summed E-state index contributed by atoms with van der Waals surface area (Å²) in [5.74, 6) is -0.606. The van der Waals surface area contributed by atoms with E-state index in [1.165, 1.54) is 6.07 Å². The van der Waals surface area contributed by atoms with E-state index in [-0.39, 0.29) is 24.7 Å². The second kappa shape index (κ2) is 9.44. The minimum atomic E-state index is -4.47. The maximum Gasteiger partial charge on any atom is 0.417 e. The number of nitrogens with two attached hydrogens (primary N) is 1. The van der Waals surface area contributed by atoms with E-state index in [9.17, 15) is 18.0 Å². The molecule has 28 heavy (non-hydrogen) atoms. The van der Waals surface area contributed by atoms with Crippen molar-refractivity contribution < 1.29 is 27.8 Å². The van der Waals surface area contributed by atoms with Gasteiger partial charge in [-0.05, 0) is 29.8 Å². The molecular weight excluding hydrogens is 379 g/mol. The van der Waals surface area contributed by atoms with Crippen molar-refractivity contribution in [3.05, 3.63) is 53.7 Å². The Hall–Kier alpha value is -3.50. The Kier molecular flexibility index (Phi) is 7.02. The summed E-state index contributed by atoms with van der Waals surface area (Å²) in [7, 11) is 0. The van der Waals surface area contributed by atoms with Gasteiger partial charge >= 0.3 is 12.1 Å². The van der Waals surface area contributed by atoms with Gasteiger partial charge < -0.3 is 15.6 Å². The van der Waals surface area contributed by atoms with E-state index in [4.69, 9.17) is 15.6 Å². The van der Waals surface area contributed by atoms with E-state index in [2.05, 4.69) is 20.4 Å². The Morgan fingerprint density at radius 3 is 2.68 bits per heavy atom. The molecule has 0 aliphatic carbocycles. The van der Waals surface area contributed by atoms with Gasteiger partial charge in [0.25, 0.3) is 0 Å². The minimum Gasteiger partial charge on any atom is -0.481 e. The molecule has 0 unspecified atom stereocenters. The van der Waals surface area contributed by atoms with Gasteiger partial charge in [-0.3, -0.25) is 4.79 Å². The lowest BCUT2D eigenvalue weighted by Crippen LogP contribution is -2.12. The zero-order valence-electron chi connectivity index (χ0n) is 14.4. The first kappa shape index (κ1) is 20.8. The Bertz CT molecular complexity index is 867. The highest BCUT2D eigenvalue weighted by atomic mass is 19.4. The van der Waals surface area contributed by atoms with Gasteiger partial charge in [0.05, 0.1) is 12.1 Å². The summed E-state index contributed by atoms with van der Waals surface area (Å²) in [6, 6.07) is 8.31.